The Kier molecular flexibility index (Phi) is 6.37. The van der Waals surface area contributed by atoms with Gasteiger partial charge < -0.3 is 9.84 Å². The highest BCUT2D eigenvalue weighted by molar-refractivity contribution is 9.10. The number of esters is 1. The Morgan fingerprint density at radius 2 is 2.11 bits per heavy atom. The van der Waals surface area contributed by atoms with Crippen LogP contribution in [0.4, 0.5) is 0 Å². The maximum absolute atomic E-state index is 11.7. The molecule has 6 heteroatoms. The van der Waals surface area contributed by atoms with E-state index in [-0.39, 0.29) is 16.8 Å². The topological polar surface area (TPSA) is 63.6 Å². The zero-order chi connectivity index (χ0) is 14.4. The summed E-state index contributed by atoms with van der Waals surface area (Å²) in [6.07, 6.45) is 0.627. The number of thioether (sulfide) groups is 1. The van der Waals surface area contributed by atoms with Crippen LogP contribution in [-0.4, -0.2) is 28.9 Å². The number of carbonyl (C=O) groups excluding carboxylic acids is 1. The van der Waals surface area contributed by atoms with E-state index in [9.17, 15) is 9.59 Å². The van der Waals surface area contributed by atoms with Crippen LogP contribution in [0.5, 0.6) is 0 Å². The van der Waals surface area contributed by atoms with Gasteiger partial charge in [-0.1, -0.05) is 6.92 Å². The molecule has 0 fully saturated rings. The zero-order valence-corrected chi connectivity index (χ0v) is 13.1. The lowest BCUT2D eigenvalue weighted by Crippen LogP contribution is -2.19. The fourth-order valence-electron chi connectivity index (χ4n) is 1.44. The second-order valence-electron chi connectivity index (χ2n) is 3.71. The van der Waals surface area contributed by atoms with Gasteiger partial charge >= 0.3 is 11.9 Å². The van der Waals surface area contributed by atoms with E-state index in [1.54, 1.807) is 25.1 Å². The normalized spacial score (nSPS) is 11.9. The standard InChI is InChI=1S/C13H15BrO4S/c1-3-11(13(17)18-4-2)19-8-5-6-10(14)9(7-8)12(15)16/h5-7,11H,3-4H2,1-2H3,(H,15,16). The molecule has 0 radical (unpaired) electrons. The zero-order valence-electron chi connectivity index (χ0n) is 10.7. The summed E-state index contributed by atoms with van der Waals surface area (Å²) in [5.74, 6) is -1.27. The number of ether oxygens (including phenoxy) is 1. The van der Waals surface area contributed by atoms with Gasteiger partial charge in [0.2, 0.25) is 0 Å². The quantitative estimate of drug-likeness (QED) is 0.629. The van der Waals surface area contributed by atoms with Crippen LogP contribution in [0.25, 0.3) is 0 Å². The molecule has 1 aromatic carbocycles. The van der Waals surface area contributed by atoms with Gasteiger partial charge in [0.15, 0.2) is 0 Å². The molecular formula is C13H15BrO4S. The number of carboxylic acids is 1. The first-order chi connectivity index (χ1) is 8.99. The highest BCUT2D eigenvalue weighted by Gasteiger charge is 2.20. The maximum Gasteiger partial charge on any atom is 0.336 e. The highest BCUT2D eigenvalue weighted by atomic mass is 79.9. The number of benzene rings is 1. The molecule has 19 heavy (non-hydrogen) atoms. The molecule has 0 spiro atoms. The van der Waals surface area contributed by atoms with Gasteiger partial charge in [-0.3, -0.25) is 4.79 Å². The number of hydrogen-bond donors (Lipinski definition) is 1. The van der Waals surface area contributed by atoms with E-state index in [2.05, 4.69) is 15.9 Å². The summed E-state index contributed by atoms with van der Waals surface area (Å²) in [5, 5.41) is 8.73. The summed E-state index contributed by atoms with van der Waals surface area (Å²) in [6, 6.07) is 5.01. The molecule has 0 aliphatic carbocycles. The van der Waals surface area contributed by atoms with Gasteiger partial charge in [0.1, 0.15) is 5.25 Å². The smallest absolute Gasteiger partial charge is 0.336 e. The molecule has 0 bridgehead atoms. The largest absolute Gasteiger partial charge is 0.478 e. The molecule has 1 aromatic rings. The molecule has 104 valence electrons. The van der Waals surface area contributed by atoms with Gasteiger partial charge in [0.25, 0.3) is 0 Å². The van der Waals surface area contributed by atoms with E-state index in [1.165, 1.54) is 11.8 Å². The number of rotatable bonds is 6. The van der Waals surface area contributed by atoms with Crippen molar-refractivity contribution < 1.29 is 19.4 Å². The van der Waals surface area contributed by atoms with Gasteiger partial charge in [-0.2, -0.15) is 0 Å². The van der Waals surface area contributed by atoms with Crippen LogP contribution in [0.1, 0.15) is 30.6 Å². The summed E-state index contributed by atoms with van der Waals surface area (Å²) >= 11 is 4.50. The van der Waals surface area contributed by atoms with E-state index in [0.29, 0.717) is 17.5 Å². The molecule has 0 heterocycles. The molecule has 0 saturated carbocycles. The maximum atomic E-state index is 11.7. The summed E-state index contributed by atoms with van der Waals surface area (Å²) < 4.78 is 5.50. The minimum absolute atomic E-state index is 0.184. The molecule has 4 nitrogen and oxygen atoms in total. The third kappa shape index (κ3) is 4.54. The van der Waals surface area contributed by atoms with Crippen molar-refractivity contribution in [3.05, 3.63) is 28.2 Å². The van der Waals surface area contributed by atoms with E-state index >= 15 is 0 Å². The van der Waals surface area contributed by atoms with E-state index in [1.807, 2.05) is 6.92 Å². The van der Waals surface area contributed by atoms with Crippen molar-refractivity contribution in [1.82, 2.24) is 0 Å². The Bertz CT molecular complexity index is 476. The molecule has 0 amide bonds. The number of halogens is 1. The second kappa shape index (κ2) is 7.55. The van der Waals surface area contributed by atoms with Crippen molar-refractivity contribution in [3.63, 3.8) is 0 Å². The van der Waals surface area contributed by atoms with Gasteiger partial charge in [0, 0.05) is 9.37 Å². The van der Waals surface area contributed by atoms with Crippen molar-refractivity contribution in [2.24, 2.45) is 0 Å². The first kappa shape index (κ1) is 16.0. The van der Waals surface area contributed by atoms with Crippen LogP contribution >= 0.6 is 27.7 Å². The Balaban J connectivity index is 2.89. The van der Waals surface area contributed by atoms with Crippen LogP contribution < -0.4 is 0 Å². The molecular weight excluding hydrogens is 332 g/mol. The van der Waals surface area contributed by atoms with Crippen molar-refractivity contribution in [2.75, 3.05) is 6.61 Å². The predicted molar refractivity (Wildman–Crippen MR) is 77.7 cm³/mol. The van der Waals surface area contributed by atoms with Crippen molar-refractivity contribution >= 4 is 39.6 Å². The summed E-state index contributed by atoms with van der Waals surface area (Å²) in [4.78, 5) is 23.5. The lowest BCUT2D eigenvalue weighted by molar-refractivity contribution is -0.142. The van der Waals surface area contributed by atoms with Crippen LogP contribution in [0.15, 0.2) is 27.6 Å². The predicted octanol–water partition coefficient (Wildman–Crippen LogP) is 3.58. The number of carbonyl (C=O) groups is 2. The fraction of sp³-hybridized carbons (Fsp3) is 0.385. The number of carboxylic acid groups (broad SMARTS) is 1. The highest BCUT2D eigenvalue weighted by Crippen LogP contribution is 2.29. The Labute approximate surface area is 124 Å². The van der Waals surface area contributed by atoms with E-state index in [4.69, 9.17) is 9.84 Å². The first-order valence-corrected chi connectivity index (χ1v) is 7.53. The third-order valence-corrected chi connectivity index (χ3v) is 4.39. The van der Waals surface area contributed by atoms with E-state index < -0.39 is 5.97 Å². The molecule has 1 unspecified atom stereocenters. The Morgan fingerprint density at radius 3 is 2.63 bits per heavy atom. The monoisotopic (exact) mass is 346 g/mol. The average molecular weight is 347 g/mol. The fourth-order valence-corrected chi connectivity index (χ4v) is 2.85. The molecule has 0 saturated heterocycles. The van der Waals surface area contributed by atoms with Crippen LogP contribution in [0, 0.1) is 0 Å². The van der Waals surface area contributed by atoms with Crippen LogP contribution in [0.3, 0.4) is 0 Å². The second-order valence-corrected chi connectivity index (χ2v) is 5.84. The van der Waals surface area contributed by atoms with Crippen LogP contribution in [-0.2, 0) is 9.53 Å². The SMILES string of the molecule is CCOC(=O)C(CC)Sc1ccc(Br)c(C(=O)O)c1. The number of aromatic carboxylic acids is 1. The molecule has 1 N–H and O–H groups in total. The van der Waals surface area contributed by atoms with Crippen molar-refractivity contribution in [1.29, 1.82) is 0 Å². The molecule has 1 rings (SSSR count). The minimum atomic E-state index is -1.00. The molecule has 0 aliphatic rings. The summed E-state index contributed by atoms with van der Waals surface area (Å²) in [7, 11) is 0. The van der Waals surface area contributed by atoms with E-state index in [0.717, 1.165) is 4.90 Å². The summed E-state index contributed by atoms with van der Waals surface area (Å²) in [6.45, 7) is 4.00. The average Bonchev–Trinajstić information content (AvgIpc) is 2.37. The minimum Gasteiger partial charge on any atom is -0.478 e. The van der Waals surface area contributed by atoms with Crippen LogP contribution in [0.2, 0.25) is 0 Å². The van der Waals surface area contributed by atoms with Crippen molar-refractivity contribution in [2.45, 2.75) is 30.4 Å². The molecule has 1 atom stereocenters. The van der Waals surface area contributed by atoms with Gasteiger partial charge in [-0.05, 0) is 47.5 Å². The third-order valence-electron chi connectivity index (χ3n) is 2.37. The van der Waals surface area contributed by atoms with Gasteiger partial charge in [-0.25, -0.2) is 4.79 Å². The molecule has 0 aliphatic heterocycles. The summed E-state index contributed by atoms with van der Waals surface area (Å²) in [5.41, 5.74) is 0.184. The van der Waals surface area contributed by atoms with Crippen molar-refractivity contribution in [3.8, 4) is 0 Å². The Morgan fingerprint density at radius 1 is 1.42 bits per heavy atom. The van der Waals surface area contributed by atoms with Gasteiger partial charge in [-0.15, -0.1) is 11.8 Å². The van der Waals surface area contributed by atoms with Gasteiger partial charge in [0.05, 0.1) is 12.2 Å². The lowest BCUT2D eigenvalue weighted by Gasteiger charge is -2.13. The molecule has 0 aromatic heterocycles. The Hall–Kier alpha value is -1.01. The number of hydrogen-bond acceptors (Lipinski definition) is 4. The lowest BCUT2D eigenvalue weighted by atomic mass is 10.2. The first-order valence-electron chi connectivity index (χ1n) is 5.85.